The highest BCUT2D eigenvalue weighted by Gasteiger charge is 2.39. The van der Waals surface area contributed by atoms with Gasteiger partial charge in [-0.2, -0.15) is 4.98 Å². The van der Waals surface area contributed by atoms with E-state index in [9.17, 15) is 9.59 Å². The number of aromatic nitrogens is 2. The lowest BCUT2D eigenvalue weighted by molar-refractivity contribution is -0.125. The lowest BCUT2D eigenvalue weighted by Crippen LogP contribution is -2.44. The van der Waals surface area contributed by atoms with Gasteiger partial charge in [-0.3, -0.25) is 9.59 Å². The predicted molar refractivity (Wildman–Crippen MR) is 146 cm³/mol. The Bertz CT molecular complexity index is 1160. The van der Waals surface area contributed by atoms with Gasteiger partial charge in [0.25, 0.3) is 5.91 Å². The van der Waals surface area contributed by atoms with Crippen LogP contribution >= 0.6 is 0 Å². The number of methoxy groups -OCH3 is 1. The van der Waals surface area contributed by atoms with Crippen molar-refractivity contribution in [2.75, 3.05) is 56.0 Å². The molecular weight excluding hydrogens is 470 g/mol. The highest BCUT2D eigenvalue weighted by atomic mass is 16.5. The molecule has 0 saturated carbocycles. The first-order valence-corrected chi connectivity index (χ1v) is 12.9. The molecule has 200 valence electrons. The maximum Gasteiger partial charge on any atom is 0.251 e. The highest BCUT2D eigenvalue weighted by Crippen LogP contribution is 2.38. The molecule has 0 atom stereocenters. The molecule has 37 heavy (non-hydrogen) atoms. The number of rotatable bonds is 6. The van der Waals surface area contributed by atoms with Gasteiger partial charge in [0, 0.05) is 31.2 Å². The molecule has 1 fully saturated rings. The van der Waals surface area contributed by atoms with Crippen molar-refractivity contribution in [2.24, 2.45) is 5.41 Å². The van der Waals surface area contributed by atoms with Crippen molar-refractivity contribution in [2.45, 2.75) is 52.6 Å². The molecule has 2 aliphatic heterocycles. The Morgan fingerprint density at radius 1 is 1.19 bits per heavy atom. The SMILES string of the molecule is COc1cc(C(=O)NC2CCN(C)CC2)ccc1Nc1ncc2c(n1)N(C(C)C)CC(C)(C)C(=O)N2C. The number of hydrogen-bond donors (Lipinski definition) is 2. The van der Waals surface area contributed by atoms with Crippen molar-refractivity contribution < 1.29 is 14.3 Å². The normalized spacial score (nSPS) is 18.4. The van der Waals surface area contributed by atoms with Crippen LogP contribution in [0.2, 0.25) is 0 Å². The van der Waals surface area contributed by atoms with Crippen molar-refractivity contribution in [3.8, 4) is 5.75 Å². The largest absolute Gasteiger partial charge is 0.495 e. The van der Waals surface area contributed by atoms with E-state index in [1.807, 2.05) is 13.8 Å². The molecule has 4 rings (SSSR count). The van der Waals surface area contributed by atoms with E-state index < -0.39 is 5.41 Å². The van der Waals surface area contributed by atoms with E-state index in [0.29, 0.717) is 41.0 Å². The summed E-state index contributed by atoms with van der Waals surface area (Å²) in [5, 5.41) is 6.38. The summed E-state index contributed by atoms with van der Waals surface area (Å²) in [7, 11) is 5.43. The van der Waals surface area contributed by atoms with E-state index in [4.69, 9.17) is 9.72 Å². The number of fused-ring (bicyclic) bond motifs is 1. The van der Waals surface area contributed by atoms with Gasteiger partial charge in [-0.25, -0.2) is 4.98 Å². The number of nitrogens with zero attached hydrogens (tertiary/aromatic N) is 5. The van der Waals surface area contributed by atoms with Gasteiger partial charge in [0.2, 0.25) is 11.9 Å². The van der Waals surface area contributed by atoms with Gasteiger partial charge in [0.05, 0.1) is 24.4 Å². The van der Waals surface area contributed by atoms with Crippen LogP contribution in [0.3, 0.4) is 0 Å². The quantitative estimate of drug-likeness (QED) is 0.612. The van der Waals surface area contributed by atoms with Crippen LogP contribution in [0.5, 0.6) is 5.75 Å². The molecule has 0 spiro atoms. The Hall–Kier alpha value is -3.40. The van der Waals surface area contributed by atoms with Crippen molar-refractivity contribution in [1.29, 1.82) is 0 Å². The number of piperidine rings is 1. The third kappa shape index (κ3) is 5.64. The Morgan fingerprint density at radius 3 is 2.54 bits per heavy atom. The zero-order valence-electron chi connectivity index (χ0n) is 23.0. The van der Waals surface area contributed by atoms with E-state index in [-0.39, 0.29) is 23.9 Å². The molecule has 10 nitrogen and oxygen atoms in total. The Kier molecular flexibility index (Phi) is 7.59. The molecule has 10 heteroatoms. The number of ether oxygens (including phenoxy) is 1. The number of hydrogen-bond acceptors (Lipinski definition) is 8. The predicted octanol–water partition coefficient (Wildman–Crippen LogP) is 3.27. The van der Waals surface area contributed by atoms with Gasteiger partial charge in [-0.05, 0) is 78.9 Å². The fourth-order valence-corrected chi connectivity index (χ4v) is 4.91. The number of likely N-dealkylation sites (tertiary alicyclic amines) is 1. The smallest absolute Gasteiger partial charge is 0.251 e. The summed E-state index contributed by atoms with van der Waals surface area (Å²) in [6.07, 6.45) is 3.56. The summed E-state index contributed by atoms with van der Waals surface area (Å²) in [5.41, 5.74) is 1.29. The lowest BCUT2D eigenvalue weighted by Gasteiger charge is -2.32. The number of nitrogens with one attached hydrogen (secondary N) is 2. The summed E-state index contributed by atoms with van der Waals surface area (Å²) >= 11 is 0. The van der Waals surface area contributed by atoms with Gasteiger partial charge in [-0.1, -0.05) is 0 Å². The number of anilines is 4. The van der Waals surface area contributed by atoms with E-state index in [2.05, 4.69) is 46.3 Å². The zero-order valence-corrected chi connectivity index (χ0v) is 23.0. The molecule has 0 radical (unpaired) electrons. The molecule has 0 aliphatic carbocycles. The molecule has 3 heterocycles. The average Bonchev–Trinajstić information content (AvgIpc) is 2.94. The highest BCUT2D eigenvalue weighted by molar-refractivity contribution is 6.01. The van der Waals surface area contributed by atoms with E-state index in [1.54, 1.807) is 43.5 Å². The molecule has 1 aromatic heterocycles. The summed E-state index contributed by atoms with van der Waals surface area (Å²) in [6, 6.07) is 5.62. The van der Waals surface area contributed by atoms with E-state index >= 15 is 0 Å². The van der Waals surface area contributed by atoms with Crippen LogP contribution in [0, 0.1) is 5.41 Å². The van der Waals surface area contributed by atoms with Crippen LogP contribution in [0.25, 0.3) is 0 Å². The van der Waals surface area contributed by atoms with Crippen LogP contribution in [-0.2, 0) is 4.79 Å². The second-order valence-corrected chi connectivity index (χ2v) is 11.0. The molecule has 1 aromatic carbocycles. The van der Waals surface area contributed by atoms with Gasteiger partial charge < -0.3 is 30.1 Å². The first-order valence-electron chi connectivity index (χ1n) is 12.9. The van der Waals surface area contributed by atoms with Crippen molar-refractivity contribution in [3.05, 3.63) is 30.0 Å². The standard InChI is InChI=1S/C27H39N7O3/c1-17(2)34-16-27(3,4)25(36)33(6)21-15-28-26(31-23(21)34)30-20-9-8-18(14-22(20)37-7)24(35)29-19-10-12-32(5)13-11-19/h8-9,14-15,17,19H,10-13,16H2,1-7H3,(H,29,35)(H,28,30,31). The third-order valence-corrected chi connectivity index (χ3v) is 7.22. The Balaban J connectivity index is 1.57. The van der Waals surface area contributed by atoms with Gasteiger partial charge in [0.15, 0.2) is 5.82 Å². The van der Waals surface area contributed by atoms with E-state index in [0.717, 1.165) is 25.9 Å². The van der Waals surface area contributed by atoms with Crippen LogP contribution in [-0.4, -0.2) is 79.6 Å². The lowest BCUT2D eigenvalue weighted by atomic mass is 9.91. The minimum absolute atomic E-state index is 0.0250. The monoisotopic (exact) mass is 509 g/mol. The zero-order chi connectivity index (χ0) is 26.9. The molecule has 2 amide bonds. The second kappa shape index (κ2) is 10.5. The minimum atomic E-state index is -0.569. The minimum Gasteiger partial charge on any atom is -0.495 e. The van der Waals surface area contributed by atoms with Crippen molar-refractivity contribution in [1.82, 2.24) is 20.2 Å². The fraction of sp³-hybridized carbons (Fsp3) is 0.556. The summed E-state index contributed by atoms with van der Waals surface area (Å²) in [4.78, 5) is 41.3. The molecular formula is C27H39N7O3. The molecule has 0 bridgehead atoms. The maximum atomic E-state index is 13.1. The molecule has 2 aliphatic rings. The van der Waals surface area contributed by atoms with Crippen LogP contribution in [0.15, 0.2) is 24.4 Å². The number of carbonyl (C=O) groups excluding carboxylic acids is 2. The van der Waals surface area contributed by atoms with Crippen LogP contribution < -0.4 is 25.2 Å². The maximum absolute atomic E-state index is 13.1. The molecule has 0 unspecified atom stereocenters. The number of amides is 2. The number of benzene rings is 1. The van der Waals surface area contributed by atoms with Crippen LogP contribution in [0.4, 0.5) is 23.1 Å². The first-order chi connectivity index (χ1) is 17.5. The first kappa shape index (κ1) is 26.7. The molecule has 2 N–H and O–H groups in total. The van der Waals surface area contributed by atoms with Gasteiger partial charge in [-0.15, -0.1) is 0 Å². The van der Waals surface area contributed by atoms with Crippen LogP contribution in [0.1, 0.15) is 50.9 Å². The fourth-order valence-electron chi connectivity index (χ4n) is 4.91. The summed E-state index contributed by atoms with van der Waals surface area (Å²) < 4.78 is 5.59. The Labute approximate surface area is 219 Å². The topological polar surface area (TPSA) is 103 Å². The summed E-state index contributed by atoms with van der Waals surface area (Å²) in [5.74, 6) is 1.51. The van der Waals surface area contributed by atoms with Gasteiger partial charge in [0.1, 0.15) is 11.4 Å². The number of carbonyl (C=O) groups is 2. The van der Waals surface area contributed by atoms with Crippen molar-refractivity contribution in [3.63, 3.8) is 0 Å². The van der Waals surface area contributed by atoms with E-state index in [1.165, 1.54) is 0 Å². The molecule has 1 saturated heterocycles. The molecule has 2 aromatic rings. The average molecular weight is 510 g/mol. The summed E-state index contributed by atoms with van der Waals surface area (Å²) in [6.45, 7) is 10.6. The Morgan fingerprint density at radius 2 is 1.89 bits per heavy atom. The van der Waals surface area contributed by atoms with Crippen molar-refractivity contribution >= 4 is 35.0 Å². The second-order valence-electron chi connectivity index (χ2n) is 11.0. The third-order valence-electron chi connectivity index (χ3n) is 7.22. The van der Waals surface area contributed by atoms with Gasteiger partial charge >= 0.3 is 0 Å².